The highest BCUT2D eigenvalue weighted by Gasteiger charge is 2.13. The minimum atomic E-state index is -0.282. The van der Waals surface area contributed by atoms with Crippen molar-refractivity contribution in [1.82, 2.24) is 4.98 Å². The van der Waals surface area contributed by atoms with Gasteiger partial charge in [0.1, 0.15) is 0 Å². The molecular formula is C13H10Cl2N2O. The maximum Gasteiger partial charge on any atom is 0.257 e. The Hall–Kier alpha value is -1.58. The second kappa shape index (κ2) is 5.38. The summed E-state index contributed by atoms with van der Waals surface area (Å²) in [6.07, 6.45) is 3.14. The molecule has 0 saturated heterocycles. The molecule has 0 atom stereocenters. The van der Waals surface area contributed by atoms with Gasteiger partial charge in [0.25, 0.3) is 5.91 Å². The molecule has 1 heterocycles. The summed E-state index contributed by atoms with van der Waals surface area (Å²) in [5.41, 5.74) is 1.74. The fourth-order valence-corrected chi connectivity index (χ4v) is 1.99. The van der Waals surface area contributed by atoms with E-state index >= 15 is 0 Å². The molecule has 0 spiro atoms. The molecule has 0 aliphatic carbocycles. The number of nitrogens with zero attached hydrogens (tertiary/aromatic N) is 1. The summed E-state index contributed by atoms with van der Waals surface area (Å²) < 4.78 is 0. The van der Waals surface area contributed by atoms with Crippen LogP contribution in [0.2, 0.25) is 10.0 Å². The van der Waals surface area contributed by atoms with Crippen LogP contribution in [0.3, 0.4) is 0 Å². The lowest BCUT2D eigenvalue weighted by atomic mass is 10.1. The molecule has 0 radical (unpaired) electrons. The summed E-state index contributed by atoms with van der Waals surface area (Å²) in [5.74, 6) is -0.282. The fourth-order valence-electron chi connectivity index (χ4n) is 1.50. The van der Waals surface area contributed by atoms with E-state index in [4.69, 9.17) is 23.2 Å². The van der Waals surface area contributed by atoms with Crippen molar-refractivity contribution in [2.45, 2.75) is 6.92 Å². The van der Waals surface area contributed by atoms with Gasteiger partial charge in [-0.05, 0) is 30.7 Å². The summed E-state index contributed by atoms with van der Waals surface area (Å²) >= 11 is 12.0. The summed E-state index contributed by atoms with van der Waals surface area (Å²) in [7, 11) is 0. The van der Waals surface area contributed by atoms with E-state index in [1.807, 2.05) is 6.92 Å². The second-order valence-electron chi connectivity index (χ2n) is 3.74. The second-order valence-corrected chi connectivity index (χ2v) is 4.56. The van der Waals surface area contributed by atoms with Crippen LogP contribution in [0, 0.1) is 6.92 Å². The van der Waals surface area contributed by atoms with Gasteiger partial charge in [0.15, 0.2) is 0 Å². The molecule has 92 valence electrons. The molecule has 1 N–H and O–H groups in total. The molecule has 0 aliphatic heterocycles. The Balaban J connectivity index is 2.30. The lowest BCUT2D eigenvalue weighted by Crippen LogP contribution is -2.14. The number of nitrogens with one attached hydrogen (secondary N) is 1. The topological polar surface area (TPSA) is 42.0 Å². The van der Waals surface area contributed by atoms with E-state index in [0.29, 0.717) is 21.3 Å². The number of carbonyl (C=O) groups is 1. The smallest absolute Gasteiger partial charge is 0.257 e. The highest BCUT2D eigenvalue weighted by Crippen LogP contribution is 2.30. The predicted molar refractivity (Wildman–Crippen MR) is 73.4 cm³/mol. The minimum absolute atomic E-state index is 0.282. The van der Waals surface area contributed by atoms with E-state index in [9.17, 15) is 4.79 Å². The molecule has 0 fully saturated rings. The van der Waals surface area contributed by atoms with Crippen LogP contribution >= 0.6 is 23.2 Å². The van der Waals surface area contributed by atoms with Crippen LogP contribution in [-0.2, 0) is 0 Å². The molecule has 18 heavy (non-hydrogen) atoms. The third-order valence-corrected chi connectivity index (χ3v) is 3.11. The Morgan fingerprint density at radius 1 is 1.22 bits per heavy atom. The van der Waals surface area contributed by atoms with E-state index in [2.05, 4.69) is 10.3 Å². The first-order valence-corrected chi connectivity index (χ1v) is 6.01. The van der Waals surface area contributed by atoms with Crippen LogP contribution in [0.4, 0.5) is 5.69 Å². The Morgan fingerprint density at radius 2 is 1.89 bits per heavy atom. The molecule has 0 unspecified atom stereocenters. The first-order valence-electron chi connectivity index (χ1n) is 5.25. The van der Waals surface area contributed by atoms with Gasteiger partial charge >= 0.3 is 0 Å². The quantitative estimate of drug-likeness (QED) is 0.905. The van der Waals surface area contributed by atoms with Crippen LogP contribution < -0.4 is 5.32 Å². The Bertz CT molecular complexity index is 579. The Kier molecular flexibility index (Phi) is 3.84. The molecule has 0 saturated carbocycles. The zero-order valence-corrected chi connectivity index (χ0v) is 11.1. The van der Waals surface area contributed by atoms with Gasteiger partial charge in [0.2, 0.25) is 0 Å². The number of aromatic nitrogens is 1. The Labute approximate surface area is 115 Å². The van der Waals surface area contributed by atoms with Gasteiger partial charge in [0.05, 0.1) is 21.3 Å². The Morgan fingerprint density at radius 3 is 2.50 bits per heavy atom. The van der Waals surface area contributed by atoms with Crippen LogP contribution in [0.5, 0.6) is 0 Å². The van der Waals surface area contributed by atoms with Crippen molar-refractivity contribution in [2.24, 2.45) is 0 Å². The monoisotopic (exact) mass is 280 g/mol. The summed E-state index contributed by atoms with van der Waals surface area (Å²) in [6, 6.07) is 6.82. The predicted octanol–water partition coefficient (Wildman–Crippen LogP) is 3.95. The average Bonchev–Trinajstić information content (AvgIpc) is 2.34. The number of aryl methyl sites for hydroxylation is 1. The number of halogens is 2. The number of hydrogen-bond acceptors (Lipinski definition) is 2. The first-order chi connectivity index (χ1) is 8.59. The van der Waals surface area contributed by atoms with Gasteiger partial charge in [-0.3, -0.25) is 9.78 Å². The maximum absolute atomic E-state index is 12.1. The van der Waals surface area contributed by atoms with Crippen molar-refractivity contribution in [1.29, 1.82) is 0 Å². The number of amides is 1. The SMILES string of the molecule is Cc1ccncc1C(=O)Nc1c(Cl)cccc1Cl. The fraction of sp³-hybridized carbons (Fsp3) is 0.0769. The van der Waals surface area contributed by atoms with Crippen molar-refractivity contribution >= 4 is 34.8 Å². The lowest BCUT2D eigenvalue weighted by molar-refractivity contribution is 0.102. The van der Waals surface area contributed by atoms with Crippen molar-refractivity contribution < 1.29 is 4.79 Å². The highest BCUT2D eigenvalue weighted by molar-refractivity contribution is 6.40. The van der Waals surface area contributed by atoms with Crippen molar-refractivity contribution in [3.8, 4) is 0 Å². The van der Waals surface area contributed by atoms with Gasteiger partial charge in [0, 0.05) is 12.4 Å². The molecule has 2 rings (SSSR count). The molecule has 5 heteroatoms. The maximum atomic E-state index is 12.1. The summed E-state index contributed by atoms with van der Waals surface area (Å²) in [4.78, 5) is 16.0. The van der Waals surface area contributed by atoms with Gasteiger partial charge in [-0.1, -0.05) is 29.3 Å². The normalized spacial score (nSPS) is 10.2. The number of hydrogen-bond donors (Lipinski definition) is 1. The number of carbonyl (C=O) groups excluding carboxylic acids is 1. The van der Waals surface area contributed by atoms with E-state index in [1.165, 1.54) is 6.20 Å². The van der Waals surface area contributed by atoms with E-state index < -0.39 is 0 Å². The van der Waals surface area contributed by atoms with Gasteiger partial charge in [-0.15, -0.1) is 0 Å². The first kappa shape index (κ1) is 12.9. The van der Waals surface area contributed by atoms with Crippen LogP contribution in [0.25, 0.3) is 0 Å². The van der Waals surface area contributed by atoms with Crippen LogP contribution in [-0.4, -0.2) is 10.9 Å². The van der Waals surface area contributed by atoms with Gasteiger partial charge in [-0.2, -0.15) is 0 Å². The molecule has 1 amide bonds. The van der Waals surface area contributed by atoms with Crippen molar-refractivity contribution in [2.75, 3.05) is 5.32 Å². The third-order valence-electron chi connectivity index (χ3n) is 2.48. The molecule has 0 bridgehead atoms. The molecular weight excluding hydrogens is 271 g/mol. The zero-order chi connectivity index (χ0) is 13.1. The molecule has 1 aromatic heterocycles. The van der Waals surface area contributed by atoms with Crippen molar-refractivity contribution in [3.05, 3.63) is 57.8 Å². The number of pyridine rings is 1. The van der Waals surface area contributed by atoms with Gasteiger partial charge < -0.3 is 5.32 Å². The lowest BCUT2D eigenvalue weighted by Gasteiger charge is -2.10. The average molecular weight is 281 g/mol. The number of rotatable bonds is 2. The van der Waals surface area contributed by atoms with Crippen LogP contribution in [0.1, 0.15) is 15.9 Å². The van der Waals surface area contributed by atoms with Gasteiger partial charge in [-0.25, -0.2) is 0 Å². The van der Waals surface area contributed by atoms with E-state index in [-0.39, 0.29) is 5.91 Å². The molecule has 0 aliphatic rings. The largest absolute Gasteiger partial charge is 0.319 e. The number of benzene rings is 1. The van der Waals surface area contributed by atoms with Crippen LogP contribution in [0.15, 0.2) is 36.7 Å². The summed E-state index contributed by atoms with van der Waals surface area (Å²) in [5, 5.41) is 3.49. The highest BCUT2D eigenvalue weighted by atomic mass is 35.5. The summed E-state index contributed by atoms with van der Waals surface area (Å²) in [6.45, 7) is 1.84. The van der Waals surface area contributed by atoms with E-state index in [1.54, 1.807) is 30.5 Å². The minimum Gasteiger partial charge on any atom is -0.319 e. The molecule has 2 aromatic rings. The number of para-hydroxylation sites is 1. The molecule has 3 nitrogen and oxygen atoms in total. The standard InChI is InChI=1S/C13H10Cl2N2O/c1-8-5-6-16-7-9(8)13(18)17-12-10(14)3-2-4-11(12)15/h2-7H,1H3,(H,17,18). The zero-order valence-electron chi connectivity index (χ0n) is 9.58. The molecule has 1 aromatic carbocycles. The number of anilines is 1. The van der Waals surface area contributed by atoms with E-state index in [0.717, 1.165) is 5.56 Å². The third kappa shape index (κ3) is 2.63. The van der Waals surface area contributed by atoms with Crippen molar-refractivity contribution in [3.63, 3.8) is 0 Å².